The van der Waals surface area contributed by atoms with Gasteiger partial charge in [0.15, 0.2) is 0 Å². The fourth-order valence-electron chi connectivity index (χ4n) is 3.53. The van der Waals surface area contributed by atoms with Gasteiger partial charge in [0.05, 0.1) is 12.2 Å². The molecule has 0 radical (unpaired) electrons. The second-order valence-electron chi connectivity index (χ2n) is 7.93. The van der Waals surface area contributed by atoms with Crippen molar-refractivity contribution in [2.75, 3.05) is 17.3 Å². The molecule has 6 nitrogen and oxygen atoms in total. The molecule has 0 bridgehead atoms. The normalized spacial score (nSPS) is 10.9. The van der Waals surface area contributed by atoms with Crippen molar-refractivity contribution in [1.29, 1.82) is 0 Å². The van der Waals surface area contributed by atoms with E-state index in [0.29, 0.717) is 12.2 Å². The quantitative estimate of drug-likeness (QED) is 0.392. The Morgan fingerprint density at radius 1 is 0.941 bits per heavy atom. The molecule has 0 saturated heterocycles. The number of hydrogen-bond acceptors (Lipinski definition) is 3. The summed E-state index contributed by atoms with van der Waals surface area (Å²) >= 11 is 0. The lowest BCUT2D eigenvalue weighted by molar-refractivity contribution is -0.116. The molecule has 0 aliphatic rings. The molecule has 2 amide bonds. The van der Waals surface area contributed by atoms with E-state index in [1.807, 2.05) is 59.4 Å². The number of aromatic nitrogens is 2. The number of anilines is 2. The maximum absolute atomic E-state index is 12.6. The van der Waals surface area contributed by atoms with E-state index in [1.165, 1.54) is 13.0 Å². The minimum Gasteiger partial charge on any atom is -0.323 e. The Morgan fingerprint density at radius 2 is 1.59 bits per heavy atom. The van der Waals surface area contributed by atoms with Crippen LogP contribution in [0.3, 0.4) is 0 Å². The van der Waals surface area contributed by atoms with Crippen LogP contribution in [0.5, 0.6) is 0 Å². The second kappa shape index (κ2) is 10.4. The number of amides is 2. The molecule has 1 aromatic heterocycles. The van der Waals surface area contributed by atoms with Gasteiger partial charge >= 0.3 is 0 Å². The molecule has 0 unspecified atom stereocenters. The molecular formula is C28H26N4O2. The van der Waals surface area contributed by atoms with Crippen molar-refractivity contribution in [2.45, 2.75) is 13.5 Å². The maximum Gasteiger partial charge on any atom is 0.248 e. The lowest BCUT2D eigenvalue weighted by Gasteiger charge is -2.15. The largest absolute Gasteiger partial charge is 0.323 e. The maximum atomic E-state index is 12.6. The van der Waals surface area contributed by atoms with E-state index >= 15 is 0 Å². The highest BCUT2D eigenvalue weighted by Crippen LogP contribution is 2.24. The summed E-state index contributed by atoms with van der Waals surface area (Å²) < 4.78 is 1.89. The van der Waals surface area contributed by atoms with Crippen molar-refractivity contribution < 1.29 is 9.59 Å². The molecule has 170 valence electrons. The van der Waals surface area contributed by atoms with Crippen LogP contribution in [-0.4, -0.2) is 28.6 Å². The summed E-state index contributed by atoms with van der Waals surface area (Å²) in [6, 6.07) is 27.2. The number of nitrogens with one attached hydrogen (secondary N) is 1. The van der Waals surface area contributed by atoms with E-state index in [1.54, 1.807) is 42.3 Å². The van der Waals surface area contributed by atoms with E-state index in [2.05, 4.69) is 17.4 Å². The predicted molar refractivity (Wildman–Crippen MR) is 136 cm³/mol. The Hall–Kier alpha value is -4.45. The lowest BCUT2D eigenvalue weighted by Crippen LogP contribution is -2.22. The predicted octanol–water partition coefficient (Wildman–Crippen LogP) is 5.23. The number of carbonyl (C=O) groups excluding carboxylic acids is 2. The van der Waals surface area contributed by atoms with Gasteiger partial charge in [-0.05, 0) is 35.9 Å². The third-order valence-electron chi connectivity index (χ3n) is 5.43. The topological polar surface area (TPSA) is 67.2 Å². The summed E-state index contributed by atoms with van der Waals surface area (Å²) in [6.45, 7) is 2.15. The molecule has 1 N–H and O–H groups in total. The molecule has 0 atom stereocenters. The number of nitrogens with zero attached hydrogens (tertiary/aromatic N) is 3. The van der Waals surface area contributed by atoms with Crippen LogP contribution in [-0.2, 0) is 16.1 Å². The van der Waals surface area contributed by atoms with E-state index in [-0.39, 0.29) is 11.8 Å². The van der Waals surface area contributed by atoms with E-state index in [9.17, 15) is 9.59 Å². The van der Waals surface area contributed by atoms with Gasteiger partial charge in [0.25, 0.3) is 0 Å². The van der Waals surface area contributed by atoms with Crippen molar-refractivity contribution in [3.05, 3.63) is 108 Å². The number of rotatable bonds is 7. The zero-order valence-corrected chi connectivity index (χ0v) is 19.2. The van der Waals surface area contributed by atoms with Gasteiger partial charge in [-0.1, -0.05) is 60.7 Å². The minimum atomic E-state index is -0.248. The van der Waals surface area contributed by atoms with E-state index < -0.39 is 0 Å². The number of hydrogen-bond donors (Lipinski definition) is 1. The Bertz CT molecular complexity index is 1290. The van der Waals surface area contributed by atoms with Crippen LogP contribution in [0.1, 0.15) is 18.1 Å². The molecule has 4 aromatic rings. The zero-order chi connectivity index (χ0) is 23.9. The third-order valence-corrected chi connectivity index (χ3v) is 5.43. The lowest BCUT2D eigenvalue weighted by atomic mass is 10.1. The summed E-state index contributed by atoms with van der Waals surface area (Å²) in [5, 5.41) is 7.64. The fourth-order valence-corrected chi connectivity index (χ4v) is 3.53. The molecule has 0 aliphatic heterocycles. The highest BCUT2D eigenvalue weighted by Gasteiger charge is 2.10. The van der Waals surface area contributed by atoms with Crippen molar-refractivity contribution in [3.8, 4) is 11.3 Å². The molecular weight excluding hydrogens is 424 g/mol. The third kappa shape index (κ3) is 5.66. The van der Waals surface area contributed by atoms with Crippen LogP contribution in [0.4, 0.5) is 11.4 Å². The van der Waals surface area contributed by atoms with E-state index in [4.69, 9.17) is 5.10 Å². The Morgan fingerprint density at radius 3 is 2.24 bits per heavy atom. The first-order valence-electron chi connectivity index (χ1n) is 11.0. The van der Waals surface area contributed by atoms with Gasteiger partial charge in [0.1, 0.15) is 0 Å². The summed E-state index contributed by atoms with van der Waals surface area (Å²) in [4.78, 5) is 25.6. The average Bonchev–Trinajstić information content (AvgIpc) is 3.26. The SMILES string of the molecule is CC(=O)N(C)c1ccc(NC(=O)/C=C/c2cn(Cc3ccccc3)nc2-c2ccccc2)cc1. The Kier molecular flexibility index (Phi) is 6.98. The van der Waals surface area contributed by atoms with Gasteiger partial charge in [-0.15, -0.1) is 0 Å². The molecule has 3 aromatic carbocycles. The molecule has 0 saturated carbocycles. The van der Waals surface area contributed by atoms with Crippen LogP contribution in [0.15, 0.2) is 97.2 Å². The average molecular weight is 451 g/mol. The van der Waals surface area contributed by atoms with Crippen molar-refractivity contribution in [1.82, 2.24) is 9.78 Å². The number of carbonyl (C=O) groups is 2. The van der Waals surface area contributed by atoms with Gasteiger partial charge in [-0.3, -0.25) is 14.3 Å². The van der Waals surface area contributed by atoms with Gasteiger partial charge in [-0.2, -0.15) is 5.10 Å². The first-order chi connectivity index (χ1) is 16.5. The second-order valence-corrected chi connectivity index (χ2v) is 7.93. The van der Waals surface area contributed by atoms with Crippen LogP contribution >= 0.6 is 0 Å². The number of benzene rings is 3. The first kappa shape index (κ1) is 22.7. The molecule has 1 heterocycles. The highest BCUT2D eigenvalue weighted by atomic mass is 16.2. The Balaban J connectivity index is 1.52. The molecule has 0 fully saturated rings. The minimum absolute atomic E-state index is 0.0539. The van der Waals surface area contributed by atoms with Crippen LogP contribution in [0.2, 0.25) is 0 Å². The molecule has 0 aliphatic carbocycles. The molecule has 0 spiro atoms. The van der Waals surface area contributed by atoms with Gasteiger partial charge < -0.3 is 10.2 Å². The van der Waals surface area contributed by atoms with Crippen molar-refractivity contribution in [2.24, 2.45) is 0 Å². The summed E-state index contributed by atoms with van der Waals surface area (Å²) in [7, 11) is 1.71. The van der Waals surface area contributed by atoms with Gasteiger partial charge in [-0.25, -0.2) is 0 Å². The van der Waals surface area contributed by atoms with Crippen LogP contribution < -0.4 is 10.2 Å². The smallest absolute Gasteiger partial charge is 0.248 e. The van der Waals surface area contributed by atoms with Crippen LogP contribution in [0, 0.1) is 0 Å². The van der Waals surface area contributed by atoms with Crippen LogP contribution in [0.25, 0.3) is 17.3 Å². The summed E-state index contributed by atoms with van der Waals surface area (Å²) in [5.41, 5.74) is 5.22. The molecule has 34 heavy (non-hydrogen) atoms. The highest BCUT2D eigenvalue weighted by molar-refractivity contribution is 6.02. The fraction of sp³-hybridized carbons (Fsp3) is 0.107. The van der Waals surface area contributed by atoms with E-state index in [0.717, 1.165) is 28.1 Å². The Labute approximate surface area is 199 Å². The molecule has 6 heteroatoms. The van der Waals surface area contributed by atoms with Gasteiger partial charge in [0.2, 0.25) is 11.8 Å². The molecule has 4 rings (SSSR count). The van der Waals surface area contributed by atoms with Crippen molar-refractivity contribution >= 4 is 29.3 Å². The summed E-state index contributed by atoms with van der Waals surface area (Å²) in [6.07, 6.45) is 5.24. The summed E-state index contributed by atoms with van der Waals surface area (Å²) in [5.74, 6) is -0.302. The standard InChI is InChI=1S/C28H26N4O2/c1-21(33)31(2)26-16-14-25(15-17-26)29-27(34)18-13-24-20-32(19-22-9-5-3-6-10-22)30-28(24)23-11-7-4-8-12-23/h3-18,20H,19H2,1-2H3,(H,29,34)/b18-13+. The van der Waals surface area contributed by atoms with Gasteiger partial charge in [0, 0.05) is 48.7 Å². The monoisotopic (exact) mass is 450 g/mol. The van der Waals surface area contributed by atoms with Crippen molar-refractivity contribution in [3.63, 3.8) is 0 Å². The first-order valence-corrected chi connectivity index (χ1v) is 11.0. The zero-order valence-electron chi connectivity index (χ0n) is 19.2.